The number of nitrogens with zero attached hydrogens (tertiary/aromatic N) is 3. The van der Waals surface area contributed by atoms with Crippen LogP contribution in [0.1, 0.15) is 34.2 Å². The summed E-state index contributed by atoms with van der Waals surface area (Å²) in [7, 11) is 3.42. The molecule has 2 amide bonds. The lowest BCUT2D eigenvalue weighted by atomic mass is 10.1. The highest BCUT2D eigenvalue weighted by Gasteiger charge is 2.17. The molecule has 0 radical (unpaired) electrons. The van der Waals surface area contributed by atoms with Crippen molar-refractivity contribution in [3.63, 3.8) is 0 Å². The summed E-state index contributed by atoms with van der Waals surface area (Å²) >= 11 is 0. The molecule has 1 aromatic heterocycles. The van der Waals surface area contributed by atoms with Crippen LogP contribution in [0.3, 0.4) is 0 Å². The van der Waals surface area contributed by atoms with Gasteiger partial charge in [-0.05, 0) is 30.7 Å². The molecule has 0 aliphatic carbocycles. The monoisotopic (exact) mass is 403 g/mol. The Morgan fingerprint density at radius 1 is 1.00 bits per heavy atom. The largest absolute Gasteiger partial charge is 0.368 e. The zero-order chi connectivity index (χ0) is 21.5. The number of benzene rings is 2. The van der Waals surface area contributed by atoms with E-state index in [1.165, 1.54) is 4.90 Å². The normalized spacial score (nSPS) is 10.4. The Balaban J connectivity index is 1.92. The van der Waals surface area contributed by atoms with Crippen LogP contribution < -0.4 is 10.6 Å². The fraction of sp³-hybridized carbons (Fsp3) is 0.217. The molecule has 7 nitrogen and oxygen atoms in total. The van der Waals surface area contributed by atoms with Gasteiger partial charge in [0.15, 0.2) is 11.5 Å². The number of carbonyl (C=O) groups excluding carboxylic acids is 2. The summed E-state index contributed by atoms with van der Waals surface area (Å²) in [5.41, 5.74) is 2.81. The molecule has 1 heterocycles. The van der Waals surface area contributed by atoms with Crippen molar-refractivity contribution in [1.82, 2.24) is 14.9 Å². The number of nitrogens with one attached hydrogen (secondary N) is 2. The van der Waals surface area contributed by atoms with Crippen molar-refractivity contribution in [2.24, 2.45) is 0 Å². The van der Waals surface area contributed by atoms with E-state index in [-0.39, 0.29) is 17.5 Å². The number of carbonyl (C=O) groups is 2. The molecule has 0 saturated carbocycles. The molecule has 2 N–H and O–H groups in total. The van der Waals surface area contributed by atoms with Crippen LogP contribution in [0.2, 0.25) is 0 Å². The molecular formula is C23H25N5O2. The van der Waals surface area contributed by atoms with Gasteiger partial charge in [-0.2, -0.15) is 0 Å². The zero-order valence-electron chi connectivity index (χ0n) is 17.3. The second-order valence-electron chi connectivity index (χ2n) is 6.98. The number of hydrogen-bond donors (Lipinski definition) is 2. The molecule has 2 aromatic carbocycles. The molecule has 3 rings (SSSR count). The first-order valence-electron chi connectivity index (χ1n) is 9.79. The quantitative estimate of drug-likeness (QED) is 0.624. The highest BCUT2D eigenvalue weighted by molar-refractivity contribution is 6.06. The summed E-state index contributed by atoms with van der Waals surface area (Å²) in [4.78, 5) is 35.5. The van der Waals surface area contributed by atoms with Gasteiger partial charge in [0.1, 0.15) is 0 Å². The molecule has 3 aromatic rings. The molecular weight excluding hydrogens is 378 g/mol. The molecule has 0 atom stereocenters. The van der Waals surface area contributed by atoms with E-state index < -0.39 is 0 Å². The Labute approximate surface area is 176 Å². The van der Waals surface area contributed by atoms with Gasteiger partial charge in [0.25, 0.3) is 11.8 Å². The average molecular weight is 403 g/mol. The number of para-hydroxylation sites is 1. The fourth-order valence-corrected chi connectivity index (χ4v) is 2.81. The van der Waals surface area contributed by atoms with E-state index in [4.69, 9.17) is 0 Å². The van der Waals surface area contributed by atoms with Crippen molar-refractivity contribution in [2.45, 2.75) is 13.3 Å². The minimum absolute atomic E-state index is 0.0744. The summed E-state index contributed by atoms with van der Waals surface area (Å²) in [5, 5.41) is 6.02. The zero-order valence-corrected chi connectivity index (χ0v) is 17.3. The minimum Gasteiger partial charge on any atom is -0.368 e. The topological polar surface area (TPSA) is 87.2 Å². The van der Waals surface area contributed by atoms with Crippen LogP contribution >= 0.6 is 0 Å². The summed E-state index contributed by atoms with van der Waals surface area (Å²) in [6.07, 6.45) is 2.52. The van der Waals surface area contributed by atoms with Crippen molar-refractivity contribution in [3.8, 4) is 11.3 Å². The predicted molar refractivity (Wildman–Crippen MR) is 119 cm³/mol. The lowest BCUT2D eigenvalue weighted by Gasteiger charge is -2.13. The number of anilines is 2. The smallest absolute Gasteiger partial charge is 0.278 e. The lowest BCUT2D eigenvalue weighted by molar-refractivity contribution is 0.0827. The summed E-state index contributed by atoms with van der Waals surface area (Å²) in [6, 6.07) is 16.3. The third-order valence-electron chi connectivity index (χ3n) is 4.40. The Hall–Kier alpha value is -3.74. The maximum absolute atomic E-state index is 12.9. The molecule has 0 saturated heterocycles. The Morgan fingerprint density at radius 3 is 2.33 bits per heavy atom. The average Bonchev–Trinajstić information content (AvgIpc) is 2.77. The second-order valence-corrected chi connectivity index (χ2v) is 6.98. The van der Waals surface area contributed by atoms with Crippen LogP contribution in [-0.2, 0) is 0 Å². The van der Waals surface area contributed by atoms with Crippen molar-refractivity contribution >= 4 is 23.3 Å². The first kappa shape index (κ1) is 21.0. The maximum atomic E-state index is 12.9. The van der Waals surface area contributed by atoms with Gasteiger partial charge in [-0.3, -0.25) is 9.59 Å². The van der Waals surface area contributed by atoms with Crippen LogP contribution in [0, 0.1) is 0 Å². The summed E-state index contributed by atoms with van der Waals surface area (Å²) in [6.45, 7) is 2.72. The van der Waals surface area contributed by atoms with E-state index in [9.17, 15) is 9.59 Å². The number of aromatic nitrogens is 2. The van der Waals surface area contributed by atoms with Gasteiger partial charge in [0.05, 0.1) is 11.9 Å². The Bertz CT molecular complexity index is 1020. The molecule has 0 fully saturated rings. The van der Waals surface area contributed by atoms with E-state index in [0.29, 0.717) is 29.3 Å². The van der Waals surface area contributed by atoms with Crippen LogP contribution in [-0.4, -0.2) is 47.3 Å². The standard InChI is InChI=1S/C23H25N5O2/c1-4-14-24-21-20(22(29)26-18-8-6-5-7-9-18)27-19(15-25-21)16-10-12-17(13-11-16)23(30)28(2)3/h5-13,15H,4,14H2,1-3H3,(H,24,25)(H,26,29). The van der Waals surface area contributed by atoms with Crippen molar-refractivity contribution in [1.29, 1.82) is 0 Å². The van der Waals surface area contributed by atoms with E-state index in [1.807, 2.05) is 37.3 Å². The van der Waals surface area contributed by atoms with E-state index in [2.05, 4.69) is 20.6 Å². The highest BCUT2D eigenvalue weighted by atomic mass is 16.2. The molecule has 0 aliphatic heterocycles. The lowest BCUT2D eigenvalue weighted by Crippen LogP contribution is -2.21. The van der Waals surface area contributed by atoms with E-state index >= 15 is 0 Å². The number of rotatable bonds is 7. The molecule has 0 unspecified atom stereocenters. The van der Waals surface area contributed by atoms with Gasteiger partial charge < -0.3 is 15.5 Å². The maximum Gasteiger partial charge on any atom is 0.278 e. The highest BCUT2D eigenvalue weighted by Crippen LogP contribution is 2.21. The molecule has 0 bridgehead atoms. The van der Waals surface area contributed by atoms with E-state index in [1.54, 1.807) is 44.6 Å². The van der Waals surface area contributed by atoms with Crippen LogP contribution in [0.15, 0.2) is 60.8 Å². The van der Waals surface area contributed by atoms with Crippen LogP contribution in [0.5, 0.6) is 0 Å². The van der Waals surface area contributed by atoms with Crippen molar-refractivity contribution in [3.05, 3.63) is 72.1 Å². The molecule has 0 spiro atoms. The second kappa shape index (κ2) is 9.65. The number of amides is 2. The van der Waals surface area contributed by atoms with Gasteiger partial charge in [-0.1, -0.05) is 37.3 Å². The Kier molecular flexibility index (Phi) is 6.75. The van der Waals surface area contributed by atoms with Gasteiger partial charge in [0.2, 0.25) is 0 Å². The first-order valence-corrected chi connectivity index (χ1v) is 9.79. The Morgan fingerprint density at radius 2 is 1.70 bits per heavy atom. The third-order valence-corrected chi connectivity index (χ3v) is 4.40. The van der Waals surface area contributed by atoms with E-state index in [0.717, 1.165) is 12.0 Å². The van der Waals surface area contributed by atoms with Crippen molar-refractivity contribution in [2.75, 3.05) is 31.3 Å². The van der Waals surface area contributed by atoms with Gasteiger partial charge in [-0.15, -0.1) is 0 Å². The molecule has 30 heavy (non-hydrogen) atoms. The van der Waals surface area contributed by atoms with Gasteiger partial charge in [0, 0.05) is 37.5 Å². The third kappa shape index (κ3) is 5.00. The molecule has 154 valence electrons. The van der Waals surface area contributed by atoms with Crippen molar-refractivity contribution < 1.29 is 9.59 Å². The summed E-state index contributed by atoms with van der Waals surface area (Å²) in [5.74, 6) is 0.0247. The van der Waals surface area contributed by atoms with Crippen LogP contribution in [0.4, 0.5) is 11.5 Å². The predicted octanol–water partition coefficient (Wildman–Crippen LogP) is 3.92. The summed E-state index contributed by atoms with van der Waals surface area (Å²) < 4.78 is 0. The molecule has 7 heteroatoms. The first-order chi connectivity index (χ1) is 14.5. The SMILES string of the molecule is CCCNc1ncc(-c2ccc(C(=O)N(C)C)cc2)nc1C(=O)Nc1ccccc1. The van der Waals surface area contributed by atoms with Gasteiger partial charge in [-0.25, -0.2) is 9.97 Å². The number of hydrogen-bond acceptors (Lipinski definition) is 5. The minimum atomic E-state index is -0.339. The fourth-order valence-electron chi connectivity index (χ4n) is 2.81. The van der Waals surface area contributed by atoms with Gasteiger partial charge >= 0.3 is 0 Å². The molecule has 0 aliphatic rings. The van der Waals surface area contributed by atoms with Crippen LogP contribution in [0.25, 0.3) is 11.3 Å².